The number of nitrogens with zero attached hydrogens (tertiary/aromatic N) is 4. The van der Waals surface area contributed by atoms with Gasteiger partial charge >= 0.3 is 5.97 Å². The van der Waals surface area contributed by atoms with Crippen molar-refractivity contribution in [3.8, 4) is 0 Å². The highest BCUT2D eigenvalue weighted by Crippen LogP contribution is 2.25. The van der Waals surface area contributed by atoms with Crippen LogP contribution >= 0.6 is 0 Å². The standard InChI is InChI=1S/C13H16N4O3/c1-16-8-15-11-9(16)3-4-14-12(11)17-5-6-20-7-10(17)13(18)19-2/h3-4,8,10H,5-7H2,1-2H3. The van der Waals surface area contributed by atoms with Crippen molar-refractivity contribution in [2.75, 3.05) is 31.8 Å². The largest absolute Gasteiger partial charge is 0.467 e. The van der Waals surface area contributed by atoms with Crippen molar-refractivity contribution < 1.29 is 14.3 Å². The number of pyridine rings is 1. The summed E-state index contributed by atoms with van der Waals surface area (Å²) in [6.07, 6.45) is 3.46. The van der Waals surface area contributed by atoms with E-state index in [0.717, 1.165) is 11.0 Å². The fourth-order valence-corrected chi connectivity index (χ4v) is 2.45. The van der Waals surface area contributed by atoms with E-state index < -0.39 is 6.04 Å². The molecule has 3 rings (SSSR count). The van der Waals surface area contributed by atoms with Gasteiger partial charge in [-0.2, -0.15) is 0 Å². The third-order valence-electron chi connectivity index (χ3n) is 3.50. The van der Waals surface area contributed by atoms with Gasteiger partial charge in [-0.15, -0.1) is 0 Å². The van der Waals surface area contributed by atoms with Crippen LogP contribution in [0.15, 0.2) is 18.6 Å². The highest BCUT2D eigenvalue weighted by atomic mass is 16.5. The Balaban J connectivity index is 2.05. The maximum Gasteiger partial charge on any atom is 0.330 e. The van der Waals surface area contributed by atoms with Crippen LogP contribution in [0.3, 0.4) is 0 Å². The summed E-state index contributed by atoms with van der Waals surface area (Å²) in [5.74, 6) is 0.376. The van der Waals surface area contributed by atoms with Crippen LogP contribution in [0.25, 0.3) is 11.0 Å². The molecule has 0 radical (unpaired) electrons. The number of morpholine rings is 1. The lowest BCUT2D eigenvalue weighted by atomic mass is 10.2. The maximum absolute atomic E-state index is 11.9. The molecule has 7 nitrogen and oxygen atoms in total. The fraction of sp³-hybridized carbons (Fsp3) is 0.462. The Morgan fingerprint density at radius 3 is 3.15 bits per heavy atom. The summed E-state index contributed by atoms with van der Waals surface area (Å²) in [7, 11) is 3.31. The molecule has 1 aliphatic rings. The van der Waals surface area contributed by atoms with E-state index in [-0.39, 0.29) is 5.97 Å². The molecular formula is C13H16N4O3. The molecule has 20 heavy (non-hydrogen) atoms. The molecule has 0 saturated carbocycles. The maximum atomic E-state index is 11.9. The van der Waals surface area contributed by atoms with Crippen molar-refractivity contribution in [1.82, 2.24) is 14.5 Å². The zero-order chi connectivity index (χ0) is 14.1. The molecule has 1 unspecified atom stereocenters. The lowest BCUT2D eigenvalue weighted by Gasteiger charge is -2.34. The number of hydrogen-bond donors (Lipinski definition) is 0. The number of imidazole rings is 1. The number of esters is 1. The number of methoxy groups -OCH3 is 1. The Morgan fingerprint density at radius 2 is 2.35 bits per heavy atom. The third kappa shape index (κ3) is 2.00. The number of fused-ring (bicyclic) bond motifs is 1. The molecule has 2 aromatic heterocycles. The Hall–Kier alpha value is -2.15. The molecule has 0 N–H and O–H groups in total. The van der Waals surface area contributed by atoms with E-state index in [9.17, 15) is 4.79 Å². The smallest absolute Gasteiger partial charge is 0.330 e. The molecule has 0 aliphatic carbocycles. The van der Waals surface area contributed by atoms with Gasteiger partial charge in [0, 0.05) is 19.8 Å². The summed E-state index contributed by atoms with van der Waals surface area (Å²) >= 11 is 0. The van der Waals surface area contributed by atoms with Gasteiger partial charge in [-0.05, 0) is 6.07 Å². The van der Waals surface area contributed by atoms with Gasteiger partial charge in [-0.3, -0.25) is 0 Å². The first kappa shape index (κ1) is 12.9. The van der Waals surface area contributed by atoms with Gasteiger partial charge in [0.15, 0.2) is 11.9 Å². The summed E-state index contributed by atoms with van der Waals surface area (Å²) in [5, 5.41) is 0. The van der Waals surface area contributed by atoms with Crippen molar-refractivity contribution in [1.29, 1.82) is 0 Å². The predicted octanol–water partition coefficient (Wildman–Crippen LogP) is 0.346. The quantitative estimate of drug-likeness (QED) is 0.737. The van der Waals surface area contributed by atoms with Gasteiger partial charge in [0.2, 0.25) is 0 Å². The Morgan fingerprint density at radius 1 is 1.50 bits per heavy atom. The monoisotopic (exact) mass is 276 g/mol. The second-order valence-electron chi connectivity index (χ2n) is 4.67. The number of carbonyl (C=O) groups excluding carboxylic acids is 1. The van der Waals surface area contributed by atoms with Crippen LogP contribution in [0.1, 0.15) is 0 Å². The second kappa shape index (κ2) is 5.09. The molecule has 1 saturated heterocycles. The van der Waals surface area contributed by atoms with Gasteiger partial charge in [0.05, 0.1) is 32.2 Å². The van der Waals surface area contributed by atoms with Crippen molar-refractivity contribution in [3.63, 3.8) is 0 Å². The zero-order valence-corrected chi connectivity index (χ0v) is 11.4. The number of aryl methyl sites for hydroxylation is 1. The lowest BCUT2D eigenvalue weighted by molar-refractivity contribution is -0.144. The van der Waals surface area contributed by atoms with Crippen molar-refractivity contribution in [2.45, 2.75) is 6.04 Å². The van der Waals surface area contributed by atoms with Crippen molar-refractivity contribution in [2.24, 2.45) is 7.05 Å². The van der Waals surface area contributed by atoms with Crippen LogP contribution in [0.2, 0.25) is 0 Å². The summed E-state index contributed by atoms with van der Waals surface area (Å²) in [6.45, 7) is 1.44. The summed E-state index contributed by atoms with van der Waals surface area (Å²) in [6, 6.07) is 1.42. The minimum Gasteiger partial charge on any atom is -0.467 e. The summed E-state index contributed by atoms with van der Waals surface area (Å²) < 4.78 is 12.1. The molecular weight excluding hydrogens is 260 g/mol. The minimum atomic E-state index is -0.478. The number of rotatable bonds is 2. The average Bonchev–Trinajstić information content (AvgIpc) is 2.88. The van der Waals surface area contributed by atoms with E-state index >= 15 is 0 Å². The van der Waals surface area contributed by atoms with Gasteiger partial charge in [-0.1, -0.05) is 0 Å². The lowest BCUT2D eigenvalue weighted by Crippen LogP contribution is -2.51. The molecule has 1 atom stereocenters. The average molecular weight is 276 g/mol. The molecule has 106 valence electrons. The van der Waals surface area contributed by atoms with E-state index in [2.05, 4.69) is 9.97 Å². The van der Waals surface area contributed by atoms with Gasteiger partial charge in [0.1, 0.15) is 5.52 Å². The molecule has 7 heteroatoms. The number of ether oxygens (including phenoxy) is 2. The van der Waals surface area contributed by atoms with Crippen molar-refractivity contribution >= 4 is 22.8 Å². The number of hydrogen-bond acceptors (Lipinski definition) is 6. The molecule has 3 heterocycles. The number of carbonyl (C=O) groups is 1. The van der Waals surface area contributed by atoms with Crippen LogP contribution in [0.5, 0.6) is 0 Å². The van der Waals surface area contributed by atoms with E-state index in [1.54, 1.807) is 12.5 Å². The SMILES string of the molecule is COC(=O)C1COCCN1c1nccc2c1ncn2C. The first-order valence-electron chi connectivity index (χ1n) is 6.40. The highest BCUT2D eigenvalue weighted by Gasteiger charge is 2.32. The Kier molecular flexibility index (Phi) is 3.27. The van der Waals surface area contributed by atoms with Crippen LogP contribution in [-0.2, 0) is 21.3 Å². The molecule has 1 fully saturated rings. The van der Waals surface area contributed by atoms with Crippen LogP contribution in [0.4, 0.5) is 5.82 Å². The van der Waals surface area contributed by atoms with Crippen molar-refractivity contribution in [3.05, 3.63) is 18.6 Å². The van der Waals surface area contributed by atoms with Crippen LogP contribution < -0.4 is 4.90 Å². The second-order valence-corrected chi connectivity index (χ2v) is 4.67. The van der Waals surface area contributed by atoms with Gasteiger partial charge in [-0.25, -0.2) is 14.8 Å². The number of aromatic nitrogens is 3. The molecule has 1 aliphatic heterocycles. The minimum absolute atomic E-state index is 0.303. The van der Waals surface area contributed by atoms with E-state index in [0.29, 0.717) is 25.6 Å². The molecule has 2 aromatic rings. The fourth-order valence-electron chi connectivity index (χ4n) is 2.45. The topological polar surface area (TPSA) is 69.5 Å². The molecule has 0 bridgehead atoms. The van der Waals surface area contributed by atoms with E-state index in [1.165, 1.54) is 7.11 Å². The highest BCUT2D eigenvalue weighted by molar-refractivity contribution is 5.89. The number of anilines is 1. The first-order valence-corrected chi connectivity index (χ1v) is 6.40. The predicted molar refractivity (Wildman–Crippen MR) is 72.5 cm³/mol. The Labute approximate surface area is 116 Å². The zero-order valence-electron chi connectivity index (χ0n) is 11.4. The van der Waals surface area contributed by atoms with E-state index in [1.807, 2.05) is 22.6 Å². The first-order chi connectivity index (χ1) is 9.72. The van der Waals surface area contributed by atoms with E-state index in [4.69, 9.17) is 9.47 Å². The summed E-state index contributed by atoms with van der Waals surface area (Å²) in [4.78, 5) is 22.6. The van der Waals surface area contributed by atoms with Gasteiger partial charge < -0.3 is 18.9 Å². The Bertz CT molecular complexity index is 640. The molecule has 0 aromatic carbocycles. The summed E-state index contributed by atoms with van der Waals surface area (Å²) in [5.41, 5.74) is 1.76. The van der Waals surface area contributed by atoms with Crippen LogP contribution in [0, 0.1) is 0 Å². The molecule has 0 spiro atoms. The van der Waals surface area contributed by atoms with Crippen LogP contribution in [-0.4, -0.2) is 53.4 Å². The third-order valence-corrected chi connectivity index (χ3v) is 3.50. The normalized spacial score (nSPS) is 19.3. The molecule has 0 amide bonds. The van der Waals surface area contributed by atoms with Gasteiger partial charge in [0.25, 0.3) is 0 Å².